The predicted molar refractivity (Wildman–Crippen MR) is 68.4 cm³/mol. The van der Waals surface area contributed by atoms with Crippen LogP contribution in [0.3, 0.4) is 0 Å². The molecule has 1 rings (SSSR count). The van der Waals surface area contributed by atoms with E-state index in [1.54, 1.807) is 0 Å². The Morgan fingerprint density at radius 3 is 2.79 bits per heavy atom. The Morgan fingerprint density at radius 2 is 2.16 bits per heavy atom. The zero-order chi connectivity index (χ0) is 14.3. The number of carbonyl (C=O) groups excluding carboxylic acids is 1. The molecule has 0 radical (unpaired) electrons. The highest BCUT2D eigenvalue weighted by molar-refractivity contribution is 5.93. The van der Waals surface area contributed by atoms with Gasteiger partial charge in [0.2, 0.25) is 0 Å². The van der Waals surface area contributed by atoms with E-state index in [0.717, 1.165) is 18.2 Å². The van der Waals surface area contributed by atoms with Crippen LogP contribution in [0.4, 0.5) is 14.9 Å². The van der Waals surface area contributed by atoms with E-state index >= 15 is 0 Å². The maximum absolute atomic E-state index is 13.4. The number of anilines is 1. The van der Waals surface area contributed by atoms with Crippen LogP contribution in [0, 0.1) is 18.2 Å². The minimum Gasteiger partial charge on any atom is -0.478 e. The summed E-state index contributed by atoms with van der Waals surface area (Å²) in [4.78, 5) is 22.1. The van der Waals surface area contributed by atoms with Gasteiger partial charge in [0.15, 0.2) is 0 Å². The van der Waals surface area contributed by atoms with Crippen LogP contribution < -0.4 is 10.6 Å². The summed E-state index contributed by atoms with van der Waals surface area (Å²) in [5, 5.41) is 13.5. The molecule has 19 heavy (non-hydrogen) atoms. The second kappa shape index (κ2) is 7.01. The minimum atomic E-state index is -1.20. The molecule has 0 saturated carbocycles. The van der Waals surface area contributed by atoms with Crippen molar-refractivity contribution in [2.45, 2.75) is 12.8 Å². The third kappa shape index (κ3) is 4.68. The summed E-state index contributed by atoms with van der Waals surface area (Å²) in [5.74, 6) is 0.522. The van der Waals surface area contributed by atoms with E-state index in [-0.39, 0.29) is 11.3 Å². The summed E-state index contributed by atoms with van der Waals surface area (Å²) in [6, 6.07) is 2.54. The molecular formula is C13H13FN2O3. The van der Waals surface area contributed by atoms with Crippen molar-refractivity contribution in [3.05, 3.63) is 29.6 Å². The third-order valence-corrected chi connectivity index (χ3v) is 2.24. The molecule has 0 fully saturated rings. The number of benzene rings is 1. The van der Waals surface area contributed by atoms with Gasteiger partial charge in [0, 0.05) is 13.0 Å². The molecule has 0 saturated heterocycles. The highest BCUT2D eigenvalue weighted by atomic mass is 19.1. The number of terminal acetylenes is 1. The summed E-state index contributed by atoms with van der Waals surface area (Å²) in [6.07, 6.45) is 6.19. The molecule has 0 aromatic heterocycles. The Labute approximate surface area is 109 Å². The Hall–Kier alpha value is -2.55. The number of aromatic carboxylic acids is 1. The maximum atomic E-state index is 13.4. The average Bonchev–Trinajstić information content (AvgIpc) is 2.37. The lowest BCUT2D eigenvalue weighted by atomic mass is 10.2. The summed E-state index contributed by atoms with van der Waals surface area (Å²) in [5.41, 5.74) is -0.293. The lowest BCUT2D eigenvalue weighted by Crippen LogP contribution is -2.29. The summed E-state index contributed by atoms with van der Waals surface area (Å²) in [6.45, 7) is 0.357. The second-order valence-corrected chi connectivity index (χ2v) is 3.69. The fourth-order valence-electron chi connectivity index (χ4n) is 1.31. The van der Waals surface area contributed by atoms with Gasteiger partial charge in [-0.25, -0.2) is 14.0 Å². The van der Waals surface area contributed by atoms with Gasteiger partial charge in [-0.1, -0.05) is 0 Å². The lowest BCUT2D eigenvalue weighted by molar-refractivity contribution is 0.0697. The third-order valence-electron chi connectivity index (χ3n) is 2.24. The predicted octanol–water partition coefficient (Wildman–Crippen LogP) is 2.06. The van der Waals surface area contributed by atoms with Crippen molar-refractivity contribution < 1.29 is 19.1 Å². The van der Waals surface area contributed by atoms with E-state index in [1.165, 1.54) is 0 Å². The first kappa shape index (κ1) is 14.5. The number of unbranched alkanes of at least 4 members (excludes halogenated alkanes) is 1. The molecule has 0 atom stereocenters. The van der Waals surface area contributed by atoms with Gasteiger partial charge < -0.3 is 15.7 Å². The highest BCUT2D eigenvalue weighted by Crippen LogP contribution is 2.16. The highest BCUT2D eigenvalue weighted by Gasteiger charge is 2.10. The molecule has 1 aromatic carbocycles. The Bertz CT molecular complexity index is 523. The molecule has 0 heterocycles. The first-order valence-corrected chi connectivity index (χ1v) is 5.55. The molecule has 0 spiro atoms. The molecule has 0 aliphatic heterocycles. The fraction of sp³-hybridized carbons (Fsp3) is 0.231. The fourth-order valence-corrected chi connectivity index (χ4v) is 1.31. The number of carboxylic acid groups (broad SMARTS) is 1. The minimum absolute atomic E-state index is 0.107. The van der Waals surface area contributed by atoms with Crippen LogP contribution in [-0.2, 0) is 0 Å². The van der Waals surface area contributed by atoms with Crippen LogP contribution >= 0.6 is 0 Å². The van der Waals surface area contributed by atoms with Crippen LogP contribution in [0.5, 0.6) is 0 Å². The topological polar surface area (TPSA) is 78.4 Å². The van der Waals surface area contributed by atoms with E-state index < -0.39 is 17.8 Å². The molecule has 2 amide bonds. The van der Waals surface area contributed by atoms with E-state index in [2.05, 4.69) is 16.6 Å². The molecule has 0 aliphatic rings. The number of rotatable bonds is 5. The number of carbonyl (C=O) groups is 2. The molecule has 3 N–H and O–H groups in total. The van der Waals surface area contributed by atoms with Gasteiger partial charge in [-0.3, -0.25) is 0 Å². The summed E-state index contributed by atoms with van der Waals surface area (Å²) in [7, 11) is 0. The molecule has 1 aromatic rings. The molecule has 0 unspecified atom stereocenters. The average molecular weight is 264 g/mol. The number of halogens is 1. The van der Waals surface area contributed by atoms with Crippen LogP contribution in [-0.4, -0.2) is 23.7 Å². The van der Waals surface area contributed by atoms with Crippen LogP contribution in [0.25, 0.3) is 0 Å². The molecule has 6 heteroatoms. The van der Waals surface area contributed by atoms with Crippen molar-refractivity contribution in [3.63, 3.8) is 0 Å². The van der Waals surface area contributed by atoms with Crippen molar-refractivity contribution in [2.24, 2.45) is 0 Å². The molecule has 0 bridgehead atoms. The van der Waals surface area contributed by atoms with Gasteiger partial charge in [-0.15, -0.1) is 12.3 Å². The Morgan fingerprint density at radius 1 is 1.42 bits per heavy atom. The van der Waals surface area contributed by atoms with Crippen molar-refractivity contribution in [2.75, 3.05) is 11.9 Å². The Balaban J connectivity index is 2.61. The second-order valence-electron chi connectivity index (χ2n) is 3.69. The lowest BCUT2D eigenvalue weighted by Gasteiger charge is -2.08. The van der Waals surface area contributed by atoms with Crippen molar-refractivity contribution in [3.8, 4) is 12.3 Å². The summed E-state index contributed by atoms with van der Waals surface area (Å²) < 4.78 is 13.4. The number of hydrogen-bond donors (Lipinski definition) is 3. The number of nitrogens with one attached hydrogen (secondary N) is 2. The van der Waals surface area contributed by atoms with E-state index in [4.69, 9.17) is 11.5 Å². The zero-order valence-electron chi connectivity index (χ0n) is 10.1. The Kier molecular flexibility index (Phi) is 5.35. The molecule has 5 nitrogen and oxygen atoms in total. The number of carboxylic acids is 1. The maximum Gasteiger partial charge on any atom is 0.335 e. The van der Waals surface area contributed by atoms with Crippen LogP contribution in [0.1, 0.15) is 23.2 Å². The first-order chi connectivity index (χ1) is 9.04. The standard InChI is InChI=1S/C13H13FN2O3/c1-2-3-4-7-15-13(19)16-11-8-9(12(17)18)5-6-10(11)14/h1,5-6,8H,3-4,7H2,(H,17,18)(H2,15,16,19). The van der Waals surface area contributed by atoms with E-state index in [0.29, 0.717) is 19.4 Å². The van der Waals surface area contributed by atoms with Gasteiger partial charge in [0.1, 0.15) is 5.82 Å². The van der Waals surface area contributed by atoms with Crippen molar-refractivity contribution in [1.82, 2.24) is 5.32 Å². The molecular weight excluding hydrogens is 251 g/mol. The van der Waals surface area contributed by atoms with E-state index in [1.807, 2.05) is 0 Å². The van der Waals surface area contributed by atoms with E-state index in [9.17, 15) is 14.0 Å². The van der Waals surface area contributed by atoms with Crippen LogP contribution in [0.15, 0.2) is 18.2 Å². The molecule has 100 valence electrons. The summed E-state index contributed by atoms with van der Waals surface area (Å²) >= 11 is 0. The van der Waals surface area contributed by atoms with Gasteiger partial charge in [0.25, 0.3) is 0 Å². The monoisotopic (exact) mass is 264 g/mol. The quantitative estimate of drug-likeness (QED) is 0.562. The number of urea groups is 1. The largest absolute Gasteiger partial charge is 0.478 e. The normalized spacial score (nSPS) is 9.47. The van der Waals surface area contributed by atoms with Gasteiger partial charge in [-0.2, -0.15) is 0 Å². The van der Waals surface area contributed by atoms with Gasteiger partial charge >= 0.3 is 12.0 Å². The molecule has 0 aliphatic carbocycles. The zero-order valence-corrected chi connectivity index (χ0v) is 10.1. The smallest absolute Gasteiger partial charge is 0.335 e. The van der Waals surface area contributed by atoms with Crippen molar-refractivity contribution in [1.29, 1.82) is 0 Å². The van der Waals surface area contributed by atoms with Gasteiger partial charge in [0.05, 0.1) is 11.3 Å². The van der Waals surface area contributed by atoms with Crippen LogP contribution in [0.2, 0.25) is 0 Å². The number of amides is 2. The number of hydrogen-bond acceptors (Lipinski definition) is 2. The van der Waals surface area contributed by atoms with Crippen molar-refractivity contribution >= 4 is 17.7 Å². The SMILES string of the molecule is C#CCCCNC(=O)Nc1cc(C(=O)O)ccc1F. The first-order valence-electron chi connectivity index (χ1n) is 5.55. The van der Waals surface area contributed by atoms with Gasteiger partial charge in [-0.05, 0) is 24.6 Å².